The number of benzene rings is 2. The molecule has 0 fully saturated rings. The van der Waals surface area contributed by atoms with Gasteiger partial charge < -0.3 is 5.11 Å². The maximum atomic E-state index is 10.8. The fraction of sp³-hybridized carbons (Fsp3) is 0.0588. The molecule has 0 spiro atoms. The van der Waals surface area contributed by atoms with Crippen LogP contribution in [0.1, 0.15) is 5.56 Å². The molecule has 0 radical (unpaired) electrons. The first kappa shape index (κ1) is 15.6. The quantitative estimate of drug-likeness (QED) is 0.757. The molecule has 0 saturated heterocycles. The Hall–Kier alpha value is -2.30. The second kappa shape index (κ2) is 6.44. The average Bonchev–Trinajstić information content (AvgIpc) is 2.88. The van der Waals surface area contributed by atoms with E-state index >= 15 is 0 Å². The zero-order valence-corrected chi connectivity index (χ0v) is 13.4. The molecule has 116 valence electrons. The Kier molecular flexibility index (Phi) is 4.37. The minimum Gasteiger partial charge on any atom is -0.481 e. The Labute approximate surface area is 142 Å². The van der Waals surface area contributed by atoms with Gasteiger partial charge in [0.25, 0.3) is 0 Å². The molecule has 0 aliphatic rings. The van der Waals surface area contributed by atoms with Crippen LogP contribution in [0.5, 0.6) is 0 Å². The molecule has 4 nitrogen and oxygen atoms in total. The number of carboxylic acids is 1. The Morgan fingerprint density at radius 1 is 1.09 bits per heavy atom. The summed E-state index contributed by atoms with van der Waals surface area (Å²) in [6.07, 6.45) is 1.31. The Bertz CT molecular complexity index is 875. The third-order valence-corrected chi connectivity index (χ3v) is 4.01. The molecule has 1 aromatic heterocycles. The number of rotatable bonds is 4. The number of hydrogen-bond donors (Lipinski definition) is 1. The zero-order valence-electron chi connectivity index (χ0n) is 11.9. The second-order valence-electron chi connectivity index (χ2n) is 5.00. The molecule has 0 atom stereocenters. The van der Waals surface area contributed by atoms with Crippen LogP contribution < -0.4 is 0 Å². The minimum atomic E-state index is -0.945. The van der Waals surface area contributed by atoms with Crippen LogP contribution >= 0.6 is 23.2 Å². The molecule has 0 unspecified atom stereocenters. The van der Waals surface area contributed by atoms with Crippen molar-refractivity contribution < 1.29 is 9.90 Å². The van der Waals surface area contributed by atoms with Crippen molar-refractivity contribution in [2.24, 2.45) is 0 Å². The molecule has 2 aromatic carbocycles. The lowest BCUT2D eigenvalue weighted by atomic mass is 10.1. The van der Waals surface area contributed by atoms with Gasteiger partial charge in [-0.1, -0.05) is 47.5 Å². The molecule has 1 N–H and O–H groups in total. The van der Waals surface area contributed by atoms with Gasteiger partial charge in [-0.25, -0.2) is 4.68 Å². The van der Waals surface area contributed by atoms with E-state index in [2.05, 4.69) is 5.10 Å². The summed E-state index contributed by atoms with van der Waals surface area (Å²) < 4.78 is 1.52. The Balaban J connectivity index is 2.00. The van der Waals surface area contributed by atoms with Gasteiger partial charge >= 0.3 is 5.97 Å². The van der Waals surface area contributed by atoms with E-state index in [9.17, 15) is 4.79 Å². The summed E-state index contributed by atoms with van der Waals surface area (Å²) in [5, 5.41) is 14.0. The molecule has 0 bridgehead atoms. The Morgan fingerprint density at radius 3 is 2.48 bits per heavy atom. The molecule has 0 saturated carbocycles. The lowest BCUT2D eigenvalue weighted by molar-refractivity contribution is -0.136. The van der Waals surface area contributed by atoms with E-state index in [1.165, 1.54) is 10.9 Å². The minimum absolute atomic E-state index is 0.160. The van der Waals surface area contributed by atoms with Gasteiger partial charge in [0.15, 0.2) is 0 Å². The first-order valence-electron chi connectivity index (χ1n) is 6.85. The van der Waals surface area contributed by atoms with Crippen LogP contribution in [0.2, 0.25) is 10.2 Å². The molecule has 23 heavy (non-hydrogen) atoms. The van der Waals surface area contributed by atoms with Crippen LogP contribution in [-0.4, -0.2) is 20.9 Å². The summed E-state index contributed by atoms with van der Waals surface area (Å²) in [4.78, 5) is 10.8. The van der Waals surface area contributed by atoms with Crippen molar-refractivity contribution in [3.8, 4) is 16.8 Å². The summed E-state index contributed by atoms with van der Waals surface area (Å²) in [5.74, 6) is -0.945. The molecular formula is C17H12Cl2N2O2. The highest BCUT2D eigenvalue weighted by Crippen LogP contribution is 2.27. The number of halogens is 2. The van der Waals surface area contributed by atoms with E-state index in [-0.39, 0.29) is 6.42 Å². The zero-order chi connectivity index (χ0) is 16.4. The van der Waals surface area contributed by atoms with Gasteiger partial charge in [0.1, 0.15) is 5.15 Å². The van der Waals surface area contributed by atoms with Crippen LogP contribution in [0, 0.1) is 0 Å². The van der Waals surface area contributed by atoms with Crippen LogP contribution in [0.3, 0.4) is 0 Å². The van der Waals surface area contributed by atoms with Gasteiger partial charge in [0.2, 0.25) is 0 Å². The highest BCUT2D eigenvalue weighted by molar-refractivity contribution is 6.31. The Morgan fingerprint density at radius 2 is 1.78 bits per heavy atom. The van der Waals surface area contributed by atoms with Crippen molar-refractivity contribution in [2.75, 3.05) is 0 Å². The van der Waals surface area contributed by atoms with Crippen molar-refractivity contribution in [1.82, 2.24) is 9.78 Å². The number of hydrogen-bond acceptors (Lipinski definition) is 2. The highest BCUT2D eigenvalue weighted by Gasteiger charge is 2.13. The van der Waals surface area contributed by atoms with E-state index < -0.39 is 5.97 Å². The average molecular weight is 347 g/mol. The maximum Gasteiger partial charge on any atom is 0.307 e. The topological polar surface area (TPSA) is 55.1 Å². The molecule has 0 aliphatic heterocycles. The summed E-state index contributed by atoms with van der Waals surface area (Å²) in [7, 11) is 0. The molecule has 1 heterocycles. The van der Waals surface area contributed by atoms with Crippen LogP contribution in [0.4, 0.5) is 0 Å². The lowest BCUT2D eigenvalue weighted by Crippen LogP contribution is -2.01. The molecule has 3 aromatic rings. The second-order valence-corrected chi connectivity index (χ2v) is 5.80. The van der Waals surface area contributed by atoms with Gasteiger partial charge in [-0.05, 0) is 35.4 Å². The third kappa shape index (κ3) is 3.38. The summed E-state index contributed by atoms with van der Waals surface area (Å²) >= 11 is 12.3. The van der Waals surface area contributed by atoms with Gasteiger partial charge in [0, 0.05) is 10.6 Å². The third-order valence-electron chi connectivity index (χ3n) is 3.37. The fourth-order valence-corrected chi connectivity index (χ4v) is 2.76. The lowest BCUT2D eigenvalue weighted by Gasteiger charge is -2.07. The monoisotopic (exact) mass is 346 g/mol. The van der Waals surface area contributed by atoms with Gasteiger partial charge in [-0.15, -0.1) is 0 Å². The van der Waals surface area contributed by atoms with Crippen molar-refractivity contribution >= 4 is 29.2 Å². The van der Waals surface area contributed by atoms with Gasteiger partial charge in [-0.3, -0.25) is 4.79 Å². The van der Waals surface area contributed by atoms with Crippen molar-refractivity contribution in [3.05, 3.63) is 70.5 Å². The summed E-state index contributed by atoms with van der Waals surface area (Å²) in [6, 6.07) is 15.2. The predicted octanol–water partition coefficient (Wildman–Crippen LogP) is 4.47. The van der Waals surface area contributed by atoms with Crippen LogP contribution in [0.25, 0.3) is 16.8 Å². The fourth-order valence-electron chi connectivity index (χ4n) is 2.31. The smallest absolute Gasteiger partial charge is 0.307 e. The van der Waals surface area contributed by atoms with Gasteiger partial charge in [0.05, 0.1) is 18.3 Å². The number of carboxylic acid groups (broad SMARTS) is 1. The van der Waals surface area contributed by atoms with Crippen LogP contribution in [-0.2, 0) is 11.2 Å². The molecular weight excluding hydrogens is 335 g/mol. The SMILES string of the molecule is O=C(O)Cc1cnn(-c2cccc(-c3cccc(Cl)c3)c2)c1Cl. The van der Waals surface area contributed by atoms with E-state index in [4.69, 9.17) is 28.3 Å². The van der Waals surface area contributed by atoms with Crippen molar-refractivity contribution in [3.63, 3.8) is 0 Å². The van der Waals surface area contributed by atoms with Gasteiger partial charge in [-0.2, -0.15) is 5.10 Å². The molecule has 0 amide bonds. The van der Waals surface area contributed by atoms with E-state index in [0.29, 0.717) is 15.7 Å². The summed E-state index contributed by atoms with van der Waals surface area (Å²) in [6.45, 7) is 0. The van der Waals surface area contributed by atoms with E-state index in [0.717, 1.165) is 16.8 Å². The number of aliphatic carboxylic acids is 1. The molecule has 3 rings (SSSR count). The van der Waals surface area contributed by atoms with E-state index in [1.54, 1.807) is 0 Å². The number of nitrogens with zero attached hydrogens (tertiary/aromatic N) is 2. The first-order valence-corrected chi connectivity index (χ1v) is 7.61. The largest absolute Gasteiger partial charge is 0.481 e. The maximum absolute atomic E-state index is 10.8. The van der Waals surface area contributed by atoms with Crippen molar-refractivity contribution in [1.29, 1.82) is 0 Å². The van der Waals surface area contributed by atoms with E-state index in [1.807, 2.05) is 48.5 Å². The molecule has 6 heteroatoms. The predicted molar refractivity (Wildman–Crippen MR) is 90.4 cm³/mol. The molecule has 0 aliphatic carbocycles. The number of carbonyl (C=O) groups is 1. The normalized spacial score (nSPS) is 10.7. The first-order chi connectivity index (χ1) is 11.0. The number of aromatic nitrogens is 2. The van der Waals surface area contributed by atoms with Crippen LogP contribution in [0.15, 0.2) is 54.7 Å². The highest BCUT2D eigenvalue weighted by atomic mass is 35.5. The van der Waals surface area contributed by atoms with Crippen molar-refractivity contribution in [2.45, 2.75) is 6.42 Å². The summed E-state index contributed by atoms with van der Waals surface area (Å²) in [5.41, 5.74) is 3.18. The standard InChI is InChI=1S/C17H12Cl2N2O2/c18-14-5-1-3-11(7-14)12-4-2-6-15(8-12)21-17(19)13(10-20-21)9-16(22)23/h1-8,10H,9H2,(H,22,23).